The molecule has 0 amide bonds. The summed E-state index contributed by atoms with van der Waals surface area (Å²) in [5.74, 6) is -0.903. The fourth-order valence-corrected chi connectivity index (χ4v) is 1.92. The number of carbonyl (C=O) groups excluding carboxylic acids is 2. The van der Waals surface area contributed by atoms with Crippen LogP contribution in [0.4, 0.5) is 0 Å². The average Bonchev–Trinajstić information content (AvgIpc) is 2.67. The van der Waals surface area contributed by atoms with E-state index in [1.54, 1.807) is 20.8 Å². The smallest absolute Gasteiger partial charge is 0.355 e. The average molecular weight is 274 g/mol. The lowest BCUT2D eigenvalue weighted by molar-refractivity contribution is 0.0515. The van der Waals surface area contributed by atoms with Crippen molar-refractivity contribution in [3.8, 4) is 0 Å². The minimum atomic E-state index is -0.521. The number of hydrogen-bond acceptors (Lipinski definition) is 4. The van der Waals surface area contributed by atoms with Gasteiger partial charge in [-0.25, -0.2) is 9.59 Å². The maximum absolute atomic E-state index is 11.7. The highest BCUT2D eigenvalue weighted by Crippen LogP contribution is 2.22. The van der Waals surface area contributed by atoms with Crippen LogP contribution in [0.1, 0.15) is 46.0 Å². The van der Waals surface area contributed by atoms with Crippen LogP contribution in [0.25, 0.3) is 0 Å². The lowest BCUT2D eigenvalue weighted by atomic mass is 10.1. The van der Waals surface area contributed by atoms with Crippen LogP contribution in [-0.4, -0.2) is 30.1 Å². The van der Waals surface area contributed by atoms with Crippen molar-refractivity contribution < 1.29 is 19.1 Å². The highest BCUT2D eigenvalue weighted by Gasteiger charge is 2.23. The van der Waals surface area contributed by atoms with Crippen molar-refractivity contribution >= 4 is 23.5 Å². The van der Waals surface area contributed by atoms with Gasteiger partial charge in [0.15, 0.2) is 0 Å². The van der Waals surface area contributed by atoms with Crippen LogP contribution in [-0.2, 0) is 15.4 Å². The third-order valence-electron chi connectivity index (χ3n) is 2.47. The molecule has 0 aliphatic rings. The molecule has 1 aromatic rings. The summed E-state index contributed by atoms with van der Waals surface area (Å²) in [7, 11) is 0. The summed E-state index contributed by atoms with van der Waals surface area (Å²) in [5.41, 5.74) is 1.65. The van der Waals surface area contributed by atoms with Crippen LogP contribution in [0.15, 0.2) is 0 Å². The molecule has 0 unspecified atom stereocenters. The maximum Gasteiger partial charge on any atom is 0.355 e. The summed E-state index contributed by atoms with van der Waals surface area (Å²) < 4.78 is 9.79. The van der Waals surface area contributed by atoms with E-state index in [0.29, 0.717) is 11.1 Å². The number of H-pyrrole nitrogens is 1. The van der Waals surface area contributed by atoms with Gasteiger partial charge in [-0.2, -0.15) is 0 Å². The molecular formula is C12H16ClNO4. The Morgan fingerprint density at radius 2 is 1.61 bits per heavy atom. The molecule has 1 aromatic heterocycles. The largest absolute Gasteiger partial charge is 0.461 e. The number of esters is 2. The van der Waals surface area contributed by atoms with E-state index in [-0.39, 0.29) is 30.5 Å². The Morgan fingerprint density at radius 3 is 2.06 bits per heavy atom. The number of aromatic amines is 1. The van der Waals surface area contributed by atoms with Gasteiger partial charge in [-0.1, -0.05) is 0 Å². The van der Waals surface area contributed by atoms with Gasteiger partial charge in [-0.15, -0.1) is 11.6 Å². The molecular weight excluding hydrogens is 258 g/mol. The molecule has 0 atom stereocenters. The summed E-state index contributed by atoms with van der Waals surface area (Å²) in [5, 5.41) is 0. The molecule has 0 spiro atoms. The van der Waals surface area contributed by atoms with Gasteiger partial charge >= 0.3 is 11.9 Å². The van der Waals surface area contributed by atoms with Crippen molar-refractivity contribution in [1.82, 2.24) is 4.98 Å². The monoisotopic (exact) mass is 273 g/mol. The molecule has 0 aromatic carbocycles. The first-order valence-electron chi connectivity index (χ1n) is 5.68. The van der Waals surface area contributed by atoms with E-state index >= 15 is 0 Å². The van der Waals surface area contributed by atoms with Crippen molar-refractivity contribution in [3.63, 3.8) is 0 Å². The van der Waals surface area contributed by atoms with Crippen molar-refractivity contribution in [2.45, 2.75) is 26.7 Å². The topological polar surface area (TPSA) is 68.4 Å². The van der Waals surface area contributed by atoms with E-state index in [1.165, 1.54) is 0 Å². The van der Waals surface area contributed by atoms with Crippen LogP contribution >= 0.6 is 11.6 Å². The van der Waals surface area contributed by atoms with Gasteiger partial charge in [-0.05, 0) is 26.3 Å². The van der Waals surface area contributed by atoms with Crippen LogP contribution in [0.3, 0.4) is 0 Å². The molecule has 0 aliphatic heterocycles. The summed E-state index contributed by atoms with van der Waals surface area (Å²) in [6.45, 7) is 5.66. The Balaban J connectivity index is 3.16. The molecule has 0 saturated carbocycles. The van der Waals surface area contributed by atoms with Gasteiger partial charge in [0.1, 0.15) is 11.4 Å². The number of aromatic nitrogens is 1. The first-order chi connectivity index (χ1) is 8.56. The molecule has 0 radical (unpaired) electrons. The zero-order valence-electron chi connectivity index (χ0n) is 10.6. The Kier molecular flexibility index (Phi) is 5.22. The third kappa shape index (κ3) is 2.85. The van der Waals surface area contributed by atoms with E-state index in [9.17, 15) is 9.59 Å². The maximum atomic E-state index is 11.7. The van der Waals surface area contributed by atoms with Crippen LogP contribution in [0.2, 0.25) is 0 Å². The number of nitrogens with one attached hydrogen (secondary N) is 1. The number of rotatable bonds is 5. The molecule has 18 heavy (non-hydrogen) atoms. The number of hydrogen-bond donors (Lipinski definition) is 1. The molecule has 6 heteroatoms. The predicted molar refractivity (Wildman–Crippen MR) is 67.0 cm³/mol. The molecule has 1 N–H and O–H groups in total. The Morgan fingerprint density at radius 1 is 1.11 bits per heavy atom. The summed E-state index contributed by atoms with van der Waals surface area (Å²) in [6, 6.07) is 0. The minimum Gasteiger partial charge on any atom is -0.461 e. The molecule has 0 fully saturated rings. The summed E-state index contributed by atoms with van der Waals surface area (Å²) >= 11 is 5.80. The van der Waals surface area contributed by atoms with E-state index in [1.807, 2.05) is 0 Å². The Bertz CT molecular complexity index is 453. The highest BCUT2D eigenvalue weighted by atomic mass is 35.5. The van der Waals surface area contributed by atoms with Crippen molar-refractivity contribution in [2.24, 2.45) is 0 Å². The number of ether oxygens (including phenoxy) is 2. The highest BCUT2D eigenvalue weighted by molar-refractivity contribution is 6.18. The van der Waals surface area contributed by atoms with Crippen LogP contribution < -0.4 is 0 Å². The lowest BCUT2D eigenvalue weighted by Crippen LogP contribution is -2.09. The SMILES string of the molecule is CCOC(=O)c1[nH]c(C(=O)OCC)c(CCl)c1C. The van der Waals surface area contributed by atoms with Gasteiger partial charge in [0.25, 0.3) is 0 Å². The quantitative estimate of drug-likeness (QED) is 0.661. The first-order valence-corrected chi connectivity index (χ1v) is 6.21. The van der Waals surface area contributed by atoms with Crippen molar-refractivity contribution in [1.29, 1.82) is 0 Å². The Hall–Kier alpha value is -1.49. The molecule has 0 aliphatic carbocycles. The number of halogens is 1. The van der Waals surface area contributed by atoms with E-state index in [4.69, 9.17) is 21.1 Å². The third-order valence-corrected chi connectivity index (χ3v) is 2.74. The lowest BCUT2D eigenvalue weighted by Gasteiger charge is -2.01. The van der Waals surface area contributed by atoms with Gasteiger partial charge in [-0.3, -0.25) is 0 Å². The summed E-state index contributed by atoms with van der Waals surface area (Å²) in [4.78, 5) is 26.1. The zero-order valence-corrected chi connectivity index (χ0v) is 11.4. The molecule has 5 nitrogen and oxygen atoms in total. The Labute approximate surface area is 110 Å². The van der Waals surface area contributed by atoms with E-state index in [0.717, 1.165) is 0 Å². The van der Waals surface area contributed by atoms with Crippen LogP contribution in [0.5, 0.6) is 0 Å². The molecule has 1 heterocycles. The van der Waals surface area contributed by atoms with Crippen LogP contribution in [0, 0.1) is 6.92 Å². The standard InChI is InChI=1S/C12H16ClNO4/c1-4-17-11(15)9-7(3)8(6-13)10(14-9)12(16)18-5-2/h14H,4-6H2,1-3H3. The fraction of sp³-hybridized carbons (Fsp3) is 0.500. The first kappa shape index (κ1) is 14.6. The van der Waals surface area contributed by atoms with Gasteiger partial charge in [0.2, 0.25) is 0 Å². The van der Waals surface area contributed by atoms with E-state index < -0.39 is 11.9 Å². The molecule has 1 rings (SSSR count). The van der Waals surface area contributed by atoms with Crippen molar-refractivity contribution in [3.05, 3.63) is 22.5 Å². The van der Waals surface area contributed by atoms with Gasteiger partial charge < -0.3 is 14.5 Å². The van der Waals surface area contributed by atoms with Crippen molar-refractivity contribution in [2.75, 3.05) is 13.2 Å². The second-order valence-corrected chi connectivity index (χ2v) is 3.82. The normalized spacial score (nSPS) is 10.2. The zero-order chi connectivity index (χ0) is 13.7. The molecule has 0 saturated heterocycles. The summed E-state index contributed by atoms with van der Waals surface area (Å²) in [6.07, 6.45) is 0. The van der Waals surface area contributed by atoms with Gasteiger partial charge in [0, 0.05) is 5.56 Å². The van der Waals surface area contributed by atoms with E-state index in [2.05, 4.69) is 4.98 Å². The fourth-order valence-electron chi connectivity index (χ4n) is 1.58. The number of carbonyl (C=O) groups is 2. The molecule has 100 valence electrons. The molecule has 0 bridgehead atoms. The number of alkyl halides is 1. The minimum absolute atomic E-state index is 0.121. The predicted octanol–water partition coefficient (Wildman–Crippen LogP) is 2.42. The van der Waals surface area contributed by atoms with Gasteiger partial charge in [0.05, 0.1) is 19.1 Å². The second kappa shape index (κ2) is 6.44. The second-order valence-electron chi connectivity index (χ2n) is 3.55.